The second-order valence-electron chi connectivity index (χ2n) is 7.58. The van der Waals surface area contributed by atoms with Crippen LogP contribution in [0.15, 0.2) is 40.9 Å². The van der Waals surface area contributed by atoms with Crippen LogP contribution >= 0.6 is 15.9 Å². The minimum atomic E-state index is -0.634. The molecule has 2 aromatic rings. The number of amides is 1. The molecule has 0 saturated heterocycles. The van der Waals surface area contributed by atoms with Crippen molar-refractivity contribution in [3.63, 3.8) is 0 Å². The van der Waals surface area contributed by atoms with Crippen molar-refractivity contribution in [2.45, 2.75) is 45.3 Å². The number of methoxy groups -OCH3 is 1. The Kier molecular flexibility index (Phi) is 5.47. The number of halogens is 2. The number of hydrogen-bond donors (Lipinski definition) is 0. The van der Waals surface area contributed by atoms with E-state index in [9.17, 15) is 9.18 Å². The number of fused-ring (bicyclic) bond motifs is 1. The molecular weight excluding hydrogens is 413 g/mol. The van der Waals surface area contributed by atoms with Crippen molar-refractivity contribution >= 4 is 27.7 Å². The fourth-order valence-electron chi connectivity index (χ4n) is 3.29. The molecule has 1 aliphatic heterocycles. The van der Waals surface area contributed by atoms with E-state index >= 15 is 0 Å². The molecule has 3 rings (SSSR count). The molecule has 1 unspecified atom stereocenters. The van der Waals surface area contributed by atoms with Gasteiger partial charge in [0.05, 0.1) is 23.3 Å². The van der Waals surface area contributed by atoms with Gasteiger partial charge in [-0.1, -0.05) is 12.1 Å². The van der Waals surface area contributed by atoms with Crippen LogP contribution in [0.25, 0.3) is 0 Å². The number of hydrogen-bond acceptors (Lipinski definition) is 3. The molecule has 0 spiro atoms. The predicted molar refractivity (Wildman–Crippen MR) is 107 cm³/mol. The Morgan fingerprint density at radius 1 is 1.26 bits per heavy atom. The lowest BCUT2D eigenvalue weighted by atomic mass is 9.91. The first-order valence-electron chi connectivity index (χ1n) is 8.83. The van der Waals surface area contributed by atoms with Gasteiger partial charge < -0.3 is 9.47 Å². The highest BCUT2D eigenvalue weighted by molar-refractivity contribution is 9.10. The van der Waals surface area contributed by atoms with Gasteiger partial charge in [0.2, 0.25) is 0 Å². The smallest absolute Gasteiger partial charge is 0.415 e. The lowest BCUT2D eigenvalue weighted by Gasteiger charge is -2.38. The standard InChI is InChI=1S/C21H23BrFNO3/c1-21(2,3)27-20(25)24-18(13-6-5-7-15(10-13)26-4)9-8-14-11-17(23)16(22)12-19(14)24/h5-7,10-12,18H,8-9H2,1-4H3. The highest BCUT2D eigenvalue weighted by Crippen LogP contribution is 2.42. The molecule has 27 heavy (non-hydrogen) atoms. The fraction of sp³-hybridized carbons (Fsp3) is 0.381. The summed E-state index contributed by atoms with van der Waals surface area (Å²) in [6.45, 7) is 5.49. The van der Waals surface area contributed by atoms with Gasteiger partial charge in [0.15, 0.2) is 0 Å². The van der Waals surface area contributed by atoms with Crippen LogP contribution in [-0.2, 0) is 11.2 Å². The van der Waals surface area contributed by atoms with E-state index in [1.54, 1.807) is 18.1 Å². The predicted octanol–water partition coefficient (Wildman–Crippen LogP) is 6.03. The van der Waals surface area contributed by atoms with Crippen LogP contribution in [-0.4, -0.2) is 18.8 Å². The highest BCUT2D eigenvalue weighted by Gasteiger charge is 2.35. The molecule has 0 saturated carbocycles. The summed E-state index contributed by atoms with van der Waals surface area (Å²) in [4.78, 5) is 14.7. The van der Waals surface area contributed by atoms with Gasteiger partial charge in [0, 0.05) is 0 Å². The van der Waals surface area contributed by atoms with E-state index < -0.39 is 11.7 Å². The Labute approximate surface area is 167 Å². The molecule has 0 bridgehead atoms. The molecule has 0 radical (unpaired) electrons. The van der Waals surface area contributed by atoms with Gasteiger partial charge in [-0.2, -0.15) is 0 Å². The molecular formula is C21H23BrFNO3. The SMILES string of the molecule is COc1cccc(C2CCc3cc(F)c(Br)cc3N2C(=O)OC(C)(C)C)c1. The summed E-state index contributed by atoms with van der Waals surface area (Å²) in [5, 5.41) is 0. The van der Waals surface area contributed by atoms with Crippen LogP contribution in [0.5, 0.6) is 5.75 Å². The number of carbonyl (C=O) groups is 1. The zero-order valence-corrected chi connectivity index (χ0v) is 17.5. The van der Waals surface area contributed by atoms with Crippen LogP contribution in [0.2, 0.25) is 0 Å². The van der Waals surface area contributed by atoms with Crippen molar-refractivity contribution in [3.8, 4) is 5.75 Å². The van der Waals surface area contributed by atoms with Crippen molar-refractivity contribution in [3.05, 3.63) is 57.8 Å². The normalized spacial score (nSPS) is 16.7. The van der Waals surface area contributed by atoms with Crippen LogP contribution in [0.1, 0.15) is 44.4 Å². The number of benzene rings is 2. The molecule has 1 aliphatic rings. The fourth-order valence-corrected chi connectivity index (χ4v) is 3.62. The topological polar surface area (TPSA) is 38.8 Å². The third-order valence-electron chi connectivity index (χ3n) is 4.45. The number of rotatable bonds is 2. The summed E-state index contributed by atoms with van der Waals surface area (Å²) in [7, 11) is 1.61. The second kappa shape index (κ2) is 7.50. The molecule has 4 nitrogen and oxygen atoms in total. The van der Waals surface area contributed by atoms with E-state index in [2.05, 4.69) is 15.9 Å². The van der Waals surface area contributed by atoms with E-state index in [4.69, 9.17) is 9.47 Å². The van der Waals surface area contributed by atoms with E-state index in [1.165, 1.54) is 6.07 Å². The lowest BCUT2D eigenvalue weighted by molar-refractivity contribution is 0.0559. The third-order valence-corrected chi connectivity index (χ3v) is 5.06. The Bertz CT molecular complexity index is 863. The van der Waals surface area contributed by atoms with E-state index in [-0.39, 0.29) is 11.9 Å². The molecule has 1 amide bonds. The number of carbonyl (C=O) groups excluding carboxylic acids is 1. The van der Waals surface area contributed by atoms with Gasteiger partial charge in [0.25, 0.3) is 0 Å². The molecule has 1 heterocycles. The Hall–Kier alpha value is -2.08. The van der Waals surface area contributed by atoms with Crippen LogP contribution < -0.4 is 9.64 Å². The van der Waals surface area contributed by atoms with Crippen LogP contribution in [0.4, 0.5) is 14.9 Å². The summed E-state index contributed by atoms with van der Waals surface area (Å²) in [5.74, 6) is 0.389. The summed E-state index contributed by atoms with van der Waals surface area (Å²) in [6, 6.07) is 10.6. The van der Waals surface area contributed by atoms with Gasteiger partial charge in [-0.05, 0) is 84.9 Å². The first kappa shape index (κ1) is 19.7. The Morgan fingerprint density at radius 3 is 2.67 bits per heavy atom. The molecule has 144 valence electrons. The van der Waals surface area contributed by atoms with Gasteiger partial charge in [-0.3, -0.25) is 4.90 Å². The monoisotopic (exact) mass is 435 g/mol. The van der Waals surface area contributed by atoms with Crippen LogP contribution in [0.3, 0.4) is 0 Å². The van der Waals surface area contributed by atoms with Crippen molar-refractivity contribution in [1.29, 1.82) is 0 Å². The van der Waals surface area contributed by atoms with E-state index in [0.717, 1.165) is 16.9 Å². The zero-order chi connectivity index (χ0) is 19.8. The number of anilines is 1. The molecule has 1 atom stereocenters. The first-order valence-corrected chi connectivity index (χ1v) is 9.63. The van der Waals surface area contributed by atoms with Gasteiger partial charge in [-0.15, -0.1) is 0 Å². The summed E-state index contributed by atoms with van der Waals surface area (Å²) >= 11 is 3.24. The van der Waals surface area contributed by atoms with E-state index in [0.29, 0.717) is 23.0 Å². The maximum atomic E-state index is 14.0. The third kappa shape index (κ3) is 4.26. The summed E-state index contributed by atoms with van der Waals surface area (Å²) in [5.41, 5.74) is 1.77. The van der Waals surface area contributed by atoms with Gasteiger partial charge in [0.1, 0.15) is 17.2 Å². The average Bonchev–Trinajstić information content (AvgIpc) is 2.60. The van der Waals surface area contributed by atoms with Gasteiger partial charge in [-0.25, -0.2) is 9.18 Å². The average molecular weight is 436 g/mol. The first-order chi connectivity index (χ1) is 12.7. The largest absolute Gasteiger partial charge is 0.497 e. The molecule has 0 fully saturated rings. The number of nitrogens with zero attached hydrogens (tertiary/aromatic N) is 1. The molecule has 6 heteroatoms. The molecule has 0 N–H and O–H groups in total. The Balaban J connectivity index is 2.09. The Morgan fingerprint density at radius 2 is 2.00 bits per heavy atom. The zero-order valence-electron chi connectivity index (χ0n) is 15.9. The minimum Gasteiger partial charge on any atom is -0.497 e. The van der Waals surface area contributed by atoms with E-state index in [1.807, 2.05) is 45.0 Å². The number of ether oxygens (including phenoxy) is 2. The summed E-state index contributed by atoms with van der Waals surface area (Å²) in [6.07, 6.45) is 0.885. The van der Waals surface area contributed by atoms with Crippen molar-refractivity contribution < 1.29 is 18.7 Å². The van der Waals surface area contributed by atoms with Crippen molar-refractivity contribution in [2.24, 2.45) is 0 Å². The van der Waals surface area contributed by atoms with Crippen molar-refractivity contribution in [1.82, 2.24) is 0 Å². The highest BCUT2D eigenvalue weighted by atomic mass is 79.9. The molecule has 2 aromatic carbocycles. The van der Waals surface area contributed by atoms with Crippen LogP contribution in [0, 0.1) is 5.82 Å². The van der Waals surface area contributed by atoms with Crippen molar-refractivity contribution in [2.75, 3.05) is 12.0 Å². The minimum absolute atomic E-state index is 0.222. The quantitative estimate of drug-likeness (QED) is 0.578. The second-order valence-corrected chi connectivity index (χ2v) is 8.43. The maximum absolute atomic E-state index is 14.0. The summed E-state index contributed by atoms with van der Waals surface area (Å²) < 4.78 is 25.3. The van der Waals surface area contributed by atoms with Gasteiger partial charge >= 0.3 is 6.09 Å². The number of aryl methyl sites for hydroxylation is 1. The molecule has 0 aromatic heterocycles. The maximum Gasteiger partial charge on any atom is 0.415 e. The molecule has 0 aliphatic carbocycles. The lowest BCUT2D eigenvalue weighted by Crippen LogP contribution is -2.42.